The highest BCUT2D eigenvalue weighted by atomic mass is 35.5. The van der Waals surface area contributed by atoms with Gasteiger partial charge in [0.15, 0.2) is 0 Å². The Bertz CT molecular complexity index is 1000. The molecular formula is C19H17ClN4O4. The zero-order valence-electron chi connectivity index (χ0n) is 15.1. The summed E-state index contributed by atoms with van der Waals surface area (Å²) in [6, 6.07) is 9.61. The summed E-state index contributed by atoms with van der Waals surface area (Å²) in [5.41, 5.74) is 2.54. The SMILES string of the molecule is CC1=C(C(=O)Nc2cc(Cl)ccc2C)[C@@H](c2ccc([N+](=O)[O-])cc2)NC(=O)N1. The lowest BCUT2D eigenvalue weighted by Gasteiger charge is -2.28. The van der Waals surface area contributed by atoms with E-state index in [0.717, 1.165) is 5.56 Å². The molecule has 0 unspecified atom stereocenters. The van der Waals surface area contributed by atoms with Crippen LogP contribution in [0.15, 0.2) is 53.7 Å². The lowest BCUT2D eigenvalue weighted by Crippen LogP contribution is -2.46. The maximum Gasteiger partial charge on any atom is 0.319 e. The Kier molecular flexibility index (Phi) is 5.32. The number of nitrogens with one attached hydrogen (secondary N) is 3. The number of benzene rings is 2. The summed E-state index contributed by atoms with van der Waals surface area (Å²) in [7, 11) is 0. The Labute approximate surface area is 165 Å². The zero-order valence-corrected chi connectivity index (χ0v) is 15.8. The molecule has 144 valence electrons. The molecule has 0 spiro atoms. The van der Waals surface area contributed by atoms with E-state index in [1.165, 1.54) is 24.3 Å². The lowest BCUT2D eigenvalue weighted by atomic mass is 9.94. The molecule has 0 saturated heterocycles. The molecule has 0 saturated carbocycles. The summed E-state index contributed by atoms with van der Waals surface area (Å²) < 4.78 is 0. The van der Waals surface area contributed by atoms with E-state index in [9.17, 15) is 19.7 Å². The van der Waals surface area contributed by atoms with E-state index in [1.54, 1.807) is 25.1 Å². The van der Waals surface area contributed by atoms with Gasteiger partial charge in [-0.2, -0.15) is 0 Å². The Morgan fingerprint density at radius 3 is 2.50 bits per heavy atom. The van der Waals surface area contributed by atoms with Gasteiger partial charge in [0.25, 0.3) is 11.6 Å². The smallest absolute Gasteiger partial charge is 0.319 e. The molecule has 0 aromatic heterocycles. The third kappa shape index (κ3) is 3.96. The standard InChI is InChI=1S/C19H17ClN4O4/c1-10-3-6-13(20)9-15(10)22-18(25)16-11(2)21-19(26)23-17(16)12-4-7-14(8-5-12)24(27)28/h3-9,17H,1-2H3,(H,22,25)(H2,21,23,26)/t17-/m1/s1. The number of aryl methyl sites for hydroxylation is 1. The normalized spacial score (nSPS) is 16.2. The number of nitrogens with zero attached hydrogens (tertiary/aromatic N) is 1. The van der Waals surface area contributed by atoms with E-state index in [2.05, 4.69) is 16.0 Å². The van der Waals surface area contributed by atoms with Crippen molar-refractivity contribution in [1.29, 1.82) is 0 Å². The molecule has 2 aromatic rings. The van der Waals surface area contributed by atoms with Crippen LogP contribution >= 0.6 is 11.6 Å². The first-order valence-electron chi connectivity index (χ1n) is 8.36. The fourth-order valence-electron chi connectivity index (χ4n) is 2.95. The van der Waals surface area contributed by atoms with Gasteiger partial charge in [0.1, 0.15) is 0 Å². The van der Waals surface area contributed by atoms with E-state index >= 15 is 0 Å². The minimum absolute atomic E-state index is 0.0785. The van der Waals surface area contributed by atoms with Crippen molar-refractivity contribution in [3.63, 3.8) is 0 Å². The average Bonchev–Trinajstić information content (AvgIpc) is 2.64. The Balaban J connectivity index is 1.96. The number of allylic oxidation sites excluding steroid dienone is 1. The largest absolute Gasteiger partial charge is 0.327 e. The molecule has 28 heavy (non-hydrogen) atoms. The van der Waals surface area contributed by atoms with Crippen LogP contribution in [0.2, 0.25) is 5.02 Å². The maximum atomic E-state index is 13.0. The quantitative estimate of drug-likeness (QED) is 0.534. The van der Waals surface area contributed by atoms with Crippen LogP contribution in [0.1, 0.15) is 24.1 Å². The number of carbonyl (C=O) groups is 2. The van der Waals surface area contributed by atoms with Gasteiger partial charge in [0, 0.05) is 28.5 Å². The molecule has 8 nitrogen and oxygen atoms in total. The van der Waals surface area contributed by atoms with Gasteiger partial charge < -0.3 is 16.0 Å². The van der Waals surface area contributed by atoms with Gasteiger partial charge in [-0.1, -0.05) is 17.7 Å². The lowest BCUT2D eigenvalue weighted by molar-refractivity contribution is -0.384. The van der Waals surface area contributed by atoms with Crippen molar-refractivity contribution in [3.05, 3.63) is 80.0 Å². The third-order valence-corrected chi connectivity index (χ3v) is 4.63. The van der Waals surface area contributed by atoms with E-state index in [4.69, 9.17) is 11.6 Å². The van der Waals surface area contributed by atoms with Crippen LogP contribution in [-0.2, 0) is 4.79 Å². The molecule has 1 atom stereocenters. The Hall–Kier alpha value is -3.39. The van der Waals surface area contributed by atoms with Crippen molar-refractivity contribution >= 4 is 34.9 Å². The molecule has 1 aliphatic heterocycles. The van der Waals surface area contributed by atoms with Crippen LogP contribution in [0.4, 0.5) is 16.2 Å². The first-order chi connectivity index (χ1) is 13.3. The molecule has 0 fully saturated rings. The number of halogens is 1. The number of hydrogen-bond donors (Lipinski definition) is 3. The summed E-state index contributed by atoms with van der Waals surface area (Å²) in [5.74, 6) is -0.418. The summed E-state index contributed by atoms with van der Waals surface area (Å²) in [6.45, 7) is 3.46. The van der Waals surface area contributed by atoms with Gasteiger partial charge in [0.2, 0.25) is 0 Å². The molecule has 0 radical (unpaired) electrons. The molecule has 2 aromatic carbocycles. The van der Waals surface area contributed by atoms with Crippen molar-refractivity contribution in [1.82, 2.24) is 10.6 Å². The summed E-state index contributed by atoms with van der Waals surface area (Å²) in [4.78, 5) is 35.3. The fourth-order valence-corrected chi connectivity index (χ4v) is 3.12. The second-order valence-electron chi connectivity index (χ2n) is 6.33. The van der Waals surface area contributed by atoms with Crippen molar-refractivity contribution in [2.24, 2.45) is 0 Å². The number of rotatable bonds is 4. The highest BCUT2D eigenvalue weighted by Crippen LogP contribution is 2.30. The van der Waals surface area contributed by atoms with E-state index in [1.807, 2.05) is 6.92 Å². The minimum atomic E-state index is -0.756. The Morgan fingerprint density at radius 1 is 1.18 bits per heavy atom. The molecule has 3 rings (SSSR count). The first-order valence-corrected chi connectivity index (χ1v) is 8.74. The number of carbonyl (C=O) groups excluding carboxylic acids is 2. The van der Waals surface area contributed by atoms with Gasteiger partial charge in [-0.05, 0) is 49.2 Å². The molecule has 1 aliphatic rings. The molecule has 1 heterocycles. The van der Waals surface area contributed by atoms with E-state index in [0.29, 0.717) is 27.5 Å². The number of amides is 3. The molecule has 0 aliphatic carbocycles. The number of nitro benzene ring substituents is 1. The number of hydrogen-bond acceptors (Lipinski definition) is 4. The van der Waals surface area contributed by atoms with Crippen LogP contribution in [0.25, 0.3) is 0 Å². The van der Waals surface area contributed by atoms with E-state index in [-0.39, 0.29) is 5.69 Å². The predicted octanol–water partition coefficient (Wildman–Crippen LogP) is 3.82. The summed E-state index contributed by atoms with van der Waals surface area (Å²) in [6.07, 6.45) is 0. The summed E-state index contributed by atoms with van der Waals surface area (Å²) in [5, 5.41) is 19.4. The molecule has 0 bridgehead atoms. The highest BCUT2D eigenvalue weighted by Gasteiger charge is 2.31. The zero-order chi connectivity index (χ0) is 20.4. The number of nitro groups is 1. The van der Waals surface area contributed by atoms with Crippen molar-refractivity contribution in [3.8, 4) is 0 Å². The molecule has 3 N–H and O–H groups in total. The van der Waals surface area contributed by atoms with Crippen LogP contribution in [0, 0.1) is 17.0 Å². The fraction of sp³-hybridized carbons (Fsp3) is 0.158. The van der Waals surface area contributed by atoms with Gasteiger partial charge in [0.05, 0.1) is 16.5 Å². The highest BCUT2D eigenvalue weighted by molar-refractivity contribution is 6.31. The monoisotopic (exact) mass is 400 g/mol. The minimum Gasteiger partial charge on any atom is -0.327 e. The van der Waals surface area contributed by atoms with Crippen LogP contribution < -0.4 is 16.0 Å². The van der Waals surface area contributed by atoms with E-state index < -0.39 is 22.9 Å². The van der Waals surface area contributed by atoms with Gasteiger partial charge in [-0.3, -0.25) is 14.9 Å². The van der Waals surface area contributed by atoms with Crippen molar-refractivity contribution in [2.45, 2.75) is 19.9 Å². The van der Waals surface area contributed by atoms with Crippen molar-refractivity contribution < 1.29 is 14.5 Å². The van der Waals surface area contributed by atoms with Gasteiger partial charge >= 0.3 is 6.03 Å². The molecular weight excluding hydrogens is 384 g/mol. The van der Waals surface area contributed by atoms with Gasteiger partial charge in [-0.25, -0.2) is 4.79 Å². The second-order valence-corrected chi connectivity index (χ2v) is 6.77. The average molecular weight is 401 g/mol. The Morgan fingerprint density at radius 2 is 1.86 bits per heavy atom. The van der Waals surface area contributed by atoms with Crippen LogP contribution in [0.5, 0.6) is 0 Å². The summed E-state index contributed by atoms with van der Waals surface area (Å²) >= 11 is 6.01. The van der Waals surface area contributed by atoms with Gasteiger partial charge in [-0.15, -0.1) is 0 Å². The first kappa shape index (κ1) is 19.4. The number of anilines is 1. The molecule has 9 heteroatoms. The topological polar surface area (TPSA) is 113 Å². The maximum absolute atomic E-state index is 13.0. The number of non-ortho nitro benzene ring substituents is 1. The van der Waals surface area contributed by atoms with Crippen LogP contribution in [0.3, 0.4) is 0 Å². The second kappa shape index (κ2) is 7.69. The molecule has 3 amide bonds. The number of urea groups is 1. The third-order valence-electron chi connectivity index (χ3n) is 4.40. The predicted molar refractivity (Wildman–Crippen MR) is 105 cm³/mol. The van der Waals surface area contributed by atoms with Crippen LogP contribution in [-0.4, -0.2) is 16.9 Å². The van der Waals surface area contributed by atoms with Crippen molar-refractivity contribution in [2.75, 3.05) is 5.32 Å².